The Morgan fingerprint density at radius 3 is 2.61 bits per heavy atom. The van der Waals surface area contributed by atoms with E-state index < -0.39 is 5.97 Å². The summed E-state index contributed by atoms with van der Waals surface area (Å²) < 4.78 is 19.5. The van der Waals surface area contributed by atoms with E-state index in [-0.39, 0.29) is 11.6 Å². The molecule has 0 fully saturated rings. The zero-order valence-corrected chi connectivity index (χ0v) is 23.2. The molecule has 1 aliphatic heterocycles. The highest BCUT2D eigenvalue weighted by atomic mass is 127. The lowest BCUT2D eigenvalue weighted by atomic mass is 10.1. The number of nitrogens with zero attached hydrogens (tertiary/aromatic N) is 1. The summed E-state index contributed by atoms with van der Waals surface area (Å²) in [5.74, 6) is 0.705. The van der Waals surface area contributed by atoms with Crippen molar-refractivity contribution in [2.45, 2.75) is 6.61 Å². The summed E-state index contributed by atoms with van der Waals surface area (Å²) in [5, 5.41) is 0.458. The average molecular weight is 704 g/mol. The standard InChI is InChI=1S/C24H15Br2ClINO4/c1-31-21-10-14(8-18(26)22(21)32-12-13-2-4-15(25)5-3-13)9-20-24(30)33-23(29-20)17-11-16(28)6-7-19(17)27/h2-11H,12H2,1H3/b20-9-. The van der Waals surface area contributed by atoms with Crippen molar-refractivity contribution in [1.29, 1.82) is 0 Å². The van der Waals surface area contributed by atoms with Crippen LogP contribution in [-0.2, 0) is 16.1 Å². The number of hydrogen-bond acceptors (Lipinski definition) is 5. The maximum atomic E-state index is 12.4. The molecule has 9 heteroatoms. The van der Waals surface area contributed by atoms with Crippen molar-refractivity contribution in [3.63, 3.8) is 0 Å². The number of cyclic esters (lactones) is 1. The van der Waals surface area contributed by atoms with E-state index >= 15 is 0 Å². The number of benzene rings is 3. The molecule has 0 unspecified atom stereocenters. The molecule has 0 saturated carbocycles. The fourth-order valence-electron chi connectivity index (χ4n) is 3.04. The first kappa shape index (κ1) is 24.3. The van der Waals surface area contributed by atoms with Crippen molar-refractivity contribution < 1.29 is 19.0 Å². The van der Waals surface area contributed by atoms with Crippen molar-refractivity contribution in [3.8, 4) is 11.5 Å². The third-order valence-corrected chi connectivity index (χ3v) is 6.75. The molecule has 0 spiro atoms. The van der Waals surface area contributed by atoms with E-state index in [0.717, 1.165) is 13.6 Å². The highest BCUT2D eigenvalue weighted by molar-refractivity contribution is 14.1. The molecule has 0 atom stereocenters. The molecule has 0 bridgehead atoms. The quantitative estimate of drug-likeness (QED) is 0.153. The molecule has 0 saturated heterocycles. The van der Waals surface area contributed by atoms with Gasteiger partial charge in [0, 0.05) is 8.04 Å². The zero-order valence-electron chi connectivity index (χ0n) is 17.1. The van der Waals surface area contributed by atoms with Crippen molar-refractivity contribution in [2.24, 2.45) is 4.99 Å². The molecular formula is C24H15Br2ClINO4. The van der Waals surface area contributed by atoms with E-state index in [9.17, 15) is 4.79 Å². The third kappa shape index (κ3) is 5.79. The largest absolute Gasteiger partial charge is 0.493 e. The molecule has 1 aliphatic rings. The summed E-state index contributed by atoms with van der Waals surface area (Å²) in [5.41, 5.74) is 2.44. The van der Waals surface area contributed by atoms with Crippen molar-refractivity contribution >= 4 is 84.0 Å². The fraction of sp³-hybridized carbons (Fsp3) is 0.0833. The van der Waals surface area contributed by atoms with Crippen molar-refractivity contribution in [1.82, 2.24) is 0 Å². The van der Waals surface area contributed by atoms with Crippen LogP contribution in [0.15, 0.2) is 74.2 Å². The minimum Gasteiger partial charge on any atom is -0.493 e. The second-order valence-electron chi connectivity index (χ2n) is 6.91. The van der Waals surface area contributed by atoms with E-state index in [4.69, 9.17) is 25.8 Å². The second-order valence-corrected chi connectivity index (χ2v) is 10.3. The third-order valence-electron chi connectivity index (χ3n) is 4.63. The molecule has 5 nitrogen and oxygen atoms in total. The average Bonchev–Trinajstić information content (AvgIpc) is 3.15. The lowest BCUT2D eigenvalue weighted by molar-refractivity contribution is -0.129. The lowest BCUT2D eigenvalue weighted by Crippen LogP contribution is -2.06. The molecule has 3 aromatic carbocycles. The second kappa shape index (κ2) is 10.6. The van der Waals surface area contributed by atoms with Gasteiger partial charge in [-0.15, -0.1) is 0 Å². The van der Waals surface area contributed by atoms with Crippen molar-refractivity contribution in [2.75, 3.05) is 7.11 Å². The number of aliphatic imine (C=N–C) groups is 1. The molecule has 0 N–H and O–H groups in total. The Balaban J connectivity index is 1.60. The van der Waals surface area contributed by atoms with Gasteiger partial charge < -0.3 is 14.2 Å². The van der Waals surface area contributed by atoms with Gasteiger partial charge in [-0.25, -0.2) is 9.79 Å². The molecule has 1 heterocycles. The number of rotatable bonds is 6. The summed E-state index contributed by atoms with van der Waals surface area (Å²) in [6, 6.07) is 16.9. The molecule has 4 rings (SSSR count). The van der Waals surface area contributed by atoms with Gasteiger partial charge in [0.2, 0.25) is 5.90 Å². The molecule has 33 heavy (non-hydrogen) atoms. The predicted molar refractivity (Wildman–Crippen MR) is 144 cm³/mol. The van der Waals surface area contributed by atoms with Crippen LogP contribution in [0.25, 0.3) is 6.08 Å². The van der Waals surface area contributed by atoms with E-state index in [1.165, 1.54) is 0 Å². The maximum absolute atomic E-state index is 12.4. The molecule has 0 aromatic heterocycles. The predicted octanol–water partition coefficient (Wildman–Crippen LogP) is 7.40. The van der Waals surface area contributed by atoms with Crippen LogP contribution in [0.3, 0.4) is 0 Å². The Morgan fingerprint density at radius 1 is 1.12 bits per heavy atom. The summed E-state index contributed by atoms with van der Waals surface area (Å²) in [4.78, 5) is 16.8. The topological polar surface area (TPSA) is 57.1 Å². The molecular weight excluding hydrogens is 688 g/mol. The minimum absolute atomic E-state index is 0.164. The van der Waals surface area contributed by atoms with E-state index in [1.807, 2.05) is 42.5 Å². The van der Waals surface area contributed by atoms with E-state index in [0.29, 0.717) is 38.7 Å². The number of carbonyl (C=O) groups excluding carboxylic acids is 1. The number of ether oxygens (including phenoxy) is 3. The molecule has 0 aliphatic carbocycles. The van der Waals surface area contributed by atoms with Crippen molar-refractivity contribution in [3.05, 3.63) is 94.5 Å². The van der Waals surface area contributed by atoms with Crippen LogP contribution in [0.5, 0.6) is 11.5 Å². The molecule has 0 amide bonds. The summed E-state index contributed by atoms with van der Waals surface area (Å²) in [6.45, 7) is 0.374. The van der Waals surface area contributed by atoms with Gasteiger partial charge in [-0.3, -0.25) is 0 Å². The van der Waals surface area contributed by atoms with Crippen LogP contribution < -0.4 is 9.47 Å². The Bertz CT molecular complexity index is 1290. The van der Waals surface area contributed by atoms with Crippen LogP contribution in [0.2, 0.25) is 5.02 Å². The van der Waals surface area contributed by atoms with Gasteiger partial charge in [0.1, 0.15) is 6.61 Å². The van der Waals surface area contributed by atoms with Gasteiger partial charge in [0.05, 0.1) is 22.2 Å². The number of methoxy groups -OCH3 is 1. The monoisotopic (exact) mass is 701 g/mol. The first-order valence-electron chi connectivity index (χ1n) is 9.57. The Kier molecular flexibility index (Phi) is 7.78. The Hall–Kier alpha value is -1.88. The van der Waals surface area contributed by atoms with Gasteiger partial charge in [-0.1, -0.05) is 39.7 Å². The highest BCUT2D eigenvalue weighted by Gasteiger charge is 2.26. The normalized spacial score (nSPS) is 14.3. The van der Waals surface area contributed by atoms with Gasteiger partial charge in [-0.05, 0) is 98.2 Å². The first-order valence-corrected chi connectivity index (χ1v) is 12.6. The zero-order chi connectivity index (χ0) is 23.5. The lowest BCUT2D eigenvalue weighted by Gasteiger charge is -2.14. The smallest absolute Gasteiger partial charge is 0.363 e. The summed E-state index contributed by atoms with van der Waals surface area (Å²) >= 11 is 15.4. The minimum atomic E-state index is -0.550. The summed E-state index contributed by atoms with van der Waals surface area (Å²) in [7, 11) is 1.56. The first-order chi connectivity index (χ1) is 15.8. The van der Waals surface area contributed by atoms with Gasteiger partial charge >= 0.3 is 5.97 Å². The fourth-order valence-corrected chi connectivity index (χ4v) is 4.57. The number of hydrogen-bond donors (Lipinski definition) is 0. The van der Waals surface area contributed by atoms with Crippen LogP contribution in [0.1, 0.15) is 16.7 Å². The Labute approximate surface area is 226 Å². The SMILES string of the molecule is COc1cc(/C=C2\N=C(c3cc(I)ccc3Cl)OC2=O)cc(Br)c1OCc1ccc(Br)cc1. The highest BCUT2D eigenvalue weighted by Crippen LogP contribution is 2.38. The molecule has 3 aromatic rings. The number of halogens is 4. The van der Waals surface area contributed by atoms with Gasteiger partial charge in [0.25, 0.3) is 0 Å². The van der Waals surface area contributed by atoms with Crippen LogP contribution in [0, 0.1) is 3.57 Å². The van der Waals surface area contributed by atoms with E-state index in [2.05, 4.69) is 59.4 Å². The van der Waals surface area contributed by atoms with Crippen LogP contribution in [0.4, 0.5) is 0 Å². The van der Waals surface area contributed by atoms with Crippen LogP contribution >= 0.6 is 66.1 Å². The maximum Gasteiger partial charge on any atom is 0.363 e. The summed E-state index contributed by atoms with van der Waals surface area (Å²) in [6.07, 6.45) is 1.63. The van der Waals surface area contributed by atoms with E-state index in [1.54, 1.807) is 25.3 Å². The Morgan fingerprint density at radius 2 is 1.88 bits per heavy atom. The number of esters is 1. The van der Waals surface area contributed by atoms with Gasteiger partial charge in [0.15, 0.2) is 17.2 Å². The number of carbonyl (C=O) groups is 1. The molecule has 0 radical (unpaired) electrons. The molecule has 168 valence electrons. The van der Waals surface area contributed by atoms with Crippen LogP contribution in [-0.4, -0.2) is 19.0 Å². The van der Waals surface area contributed by atoms with Gasteiger partial charge in [-0.2, -0.15) is 0 Å².